The average molecular weight is 323 g/mol. The molecular weight excluding hydrogens is 302 g/mol. The van der Waals surface area contributed by atoms with E-state index in [2.05, 4.69) is 18.7 Å². The van der Waals surface area contributed by atoms with Crippen LogP contribution in [0, 0.1) is 0 Å². The molecule has 0 saturated carbocycles. The average Bonchev–Trinajstić information content (AvgIpc) is 2.61. The number of hydrogen-bond donors (Lipinski definition) is 1. The van der Waals surface area contributed by atoms with Crippen LogP contribution in [0.4, 0.5) is 0 Å². The zero-order valence-corrected chi connectivity index (χ0v) is 14.0. The van der Waals surface area contributed by atoms with Gasteiger partial charge < -0.3 is 9.52 Å². The normalized spacial score (nSPS) is 11.3. The van der Waals surface area contributed by atoms with Crippen LogP contribution >= 0.6 is 0 Å². The van der Waals surface area contributed by atoms with Gasteiger partial charge in [0.1, 0.15) is 17.1 Å². The van der Waals surface area contributed by atoms with E-state index < -0.39 is 0 Å². The molecule has 0 aliphatic carbocycles. The van der Waals surface area contributed by atoms with Gasteiger partial charge in [0, 0.05) is 18.2 Å². The van der Waals surface area contributed by atoms with E-state index in [1.165, 1.54) is 6.07 Å². The van der Waals surface area contributed by atoms with E-state index in [0.29, 0.717) is 28.8 Å². The highest BCUT2D eigenvalue weighted by molar-refractivity contribution is 5.83. The van der Waals surface area contributed by atoms with Crippen molar-refractivity contribution in [1.82, 2.24) is 4.90 Å². The second kappa shape index (κ2) is 6.89. The molecule has 24 heavy (non-hydrogen) atoms. The fourth-order valence-electron chi connectivity index (χ4n) is 2.83. The topological polar surface area (TPSA) is 53.7 Å². The molecule has 0 atom stereocenters. The van der Waals surface area contributed by atoms with Gasteiger partial charge >= 0.3 is 0 Å². The SMILES string of the molecule is CCN(CC)Cc1c(O)ccc2c(=O)cc(-c3ccccc3)oc12. The molecule has 4 heteroatoms. The van der Waals surface area contributed by atoms with Crippen molar-refractivity contribution in [3.63, 3.8) is 0 Å². The fraction of sp³-hybridized carbons (Fsp3) is 0.250. The Balaban J connectivity index is 2.22. The van der Waals surface area contributed by atoms with Crippen LogP contribution in [0.3, 0.4) is 0 Å². The Morgan fingerprint density at radius 1 is 1.04 bits per heavy atom. The Morgan fingerprint density at radius 2 is 1.75 bits per heavy atom. The number of nitrogens with zero attached hydrogens (tertiary/aromatic N) is 1. The summed E-state index contributed by atoms with van der Waals surface area (Å²) in [6.07, 6.45) is 0. The number of fused-ring (bicyclic) bond motifs is 1. The summed E-state index contributed by atoms with van der Waals surface area (Å²) in [5, 5.41) is 10.8. The Hall–Kier alpha value is -2.59. The van der Waals surface area contributed by atoms with Gasteiger partial charge in [0.2, 0.25) is 0 Å². The van der Waals surface area contributed by atoms with Crippen LogP contribution in [-0.2, 0) is 6.54 Å². The van der Waals surface area contributed by atoms with Crippen molar-refractivity contribution < 1.29 is 9.52 Å². The standard InChI is InChI=1S/C20H21NO3/c1-3-21(4-2)13-16-17(22)11-10-15-18(23)12-19(24-20(15)16)14-8-6-5-7-9-14/h5-12,22H,3-4,13H2,1-2H3. The molecule has 1 N–H and O–H groups in total. The van der Waals surface area contributed by atoms with Crippen molar-refractivity contribution >= 4 is 11.0 Å². The number of rotatable bonds is 5. The van der Waals surface area contributed by atoms with Gasteiger partial charge in [0.25, 0.3) is 0 Å². The van der Waals surface area contributed by atoms with Crippen LogP contribution in [0.25, 0.3) is 22.3 Å². The predicted molar refractivity (Wildman–Crippen MR) is 96.2 cm³/mol. The van der Waals surface area contributed by atoms with Crippen molar-refractivity contribution in [2.24, 2.45) is 0 Å². The minimum Gasteiger partial charge on any atom is -0.507 e. The van der Waals surface area contributed by atoms with E-state index in [0.717, 1.165) is 18.7 Å². The second-order valence-electron chi connectivity index (χ2n) is 5.74. The van der Waals surface area contributed by atoms with Gasteiger partial charge in [-0.15, -0.1) is 0 Å². The molecule has 0 aliphatic rings. The molecule has 0 bridgehead atoms. The van der Waals surface area contributed by atoms with Gasteiger partial charge in [-0.05, 0) is 25.2 Å². The lowest BCUT2D eigenvalue weighted by molar-refractivity contribution is 0.290. The van der Waals surface area contributed by atoms with Crippen LogP contribution in [0.5, 0.6) is 5.75 Å². The second-order valence-corrected chi connectivity index (χ2v) is 5.74. The molecule has 0 fully saturated rings. The van der Waals surface area contributed by atoms with Crippen molar-refractivity contribution in [2.45, 2.75) is 20.4 Å². The summed E-state index contributed by atoms with van der Waals surface area (Å²) in [5.41, 5.74) is 1.86. The van der Waals surface area contributed by atoms with Crippen LogP contribution in [-0.4, -0.2) is 23.1 Å². The van der Waals surface area contributed by atoms with E-state index in [-0.39, 0.29) is 11.2 Å². The summed E-state index contributed by atoms with van der Waals surface area (Å²) in [7, 11) is 0. The number of aromatic hydroxyl groups is 1. The van der Waals surface area contributed by atoms with Crippen molar-refractivity contribution in [3.8, 4) is 17.1 Å². The predicted octanol–water partition coefficient (Wildman–Crippen LogP) is 4.01. The summed E-state index contributed by atoms with van der Waals surface area (Å²) in [5.74, 6) is 0.669. The van der Waals surface area contributed by atoms with E-state index in [1.54, 1.807) is 12.1 Å². The van der Waals surface area contributed by atoms with Gasteiger partial charge in [-0.3, -0.25) is 9.69 Å². The Labute approximate surface area is 141 Å². The Morgan fingerprint density at radius 3 is 2.42 bits per heavy atom. The van der Waals surface area contributed by atoms with Crippen LogP contribution in [0.1, 0.15) is 19.4 Å². The zero-order chi connectivity index (χ0) is 17.1. The molecule has 0 aliphatic heterocycles. The van der Waals surface area contributed by atoms with Crippen LogP contribution in [0.2, 0.25) is 0 Å². The van der Waals surface area contributed by atoms with E-state index in [9.17, 15) is 9.90 Å². The highest BCUT2D eigenvalue weighted by Gasteiger charge is 2.16. The first-order chi connectivity index (χ1) is 11.6. The van der Waals surface area contributed by atoms with Gasteiger partial charge in [-0.1, -0.05) is 44.2 Å². The first-order valence-corrected chi connectivity index (χ1v) is 8.20. The third-order valence-electron chi connectivity index (χ3n) is 4.31. The van der Waals surface area contributed by atoms with Crippen molar-refractivity contribution in [2.75, 3.05) is 13.1 Å². The quantitative estimate of drug-likeness (QED) is 0.771. The van der Waals surface area contributed by atoms with Crippen LogP contribution in [0.15, 0.2) is 57.7 Å². The van der Waals surface area contributed by atoms with Gasteiger partial charge in [-0.2, -0.15) is 0 Å². The lowest BCUT2D eigenvalue weighted by Gasteiger charge is -2.19. The largest absolute Gasteiger partial charge is 0.507 e. The molecular formula is C20H21NO3. The molecule has 1 heterocycles. The molecule has 0 unspecified atom stereocenters. The first-order valence-electron chi connectivity index (χ1n) is 8.20. The Bertz CT molecular complexity index is 896. The van der Waals surface area contributed by atoms with E-state index in [1.807, 2.05) is 30.3 Å². The van der Waals surface area contributed by atoms with E-state index in [4.69, 9.17) is 4.42 Å². The lowest BCUT2D eigenvalue weighted by atomic mass is 10.1. The molecule has 1 aromatic heterocycles. The molecule has 4 nitrogen and oxygen atoms in total. The Kier molecular flexibility index (Phi) is 4.67. The molecule has 0 spiro atoms. The summed E-state index contributed by atoms with van der Waals surface area (Å²) >= 11 is 0. The molecule has 2 aromatic carbocycles. The molecule has 124 valence electrons. The number of phenols is 1. The zero-order valence-electron chi connectivity index (χ0n) is 14.0. The first kappa shape index (κ1) is 16.3. The minimum atomic E-state index is -0.101. The number of phenolic OH excluding ortho intramolecular Hbond substituents is 1. The summed E-state index contributed by atoms with van der Waals surface area (Å²) in [6.45, 7) is 6.38. The maximum Gasteiger partial charge on any atom is 0.193 e. The monoisotopic (exact) mass is 323 g/mol. The van der Waals surface area contributed by atoms with Crippen molar-refractivity contribution in [1.29, 1.82) is 0 Å². The number of hydrogen-bond acceptors (Lipinski definition) is 4. The minimum absolute atomic E-state index is 0.101. The molecule has 3 aromatic rings. The third kappa shape index (κ3) is 3.05. The fourth-order valence-corrected chi connectivity index (χ4v) is 2.83. The van der Waals surface area contributed by atoms with E-state index >= 15 is 0 Å². The maximum atomic E-state index is 12.5. The smallest absolute Gasteiger partial charge is 0.193 e. The maximum absolute atomic E-state index is 12.5. The van der Waals surface area contributed by atoms with Gasteiger partial charge in [0.15, 0.2) is 5.43 Å². The van der Waals surface area contributed by atoms with Crippen molar-refractivity contribution in [3.05, 3.63) is 64.3 Å². The molecule has 3 rings (SSSR count). The summed E-state index contributed by atoms with van der Waals surface area (Å²) in [4.78, 5) is 14.7. The molecule has 0 radical (unpaired) electrons. The summed E-state index contributed by atoms with van der Waals surface area (Å²) in [6, 6.07) is 14.2. The van der Waals surface area contributed by atoms with Gasteiger partial charge in [-0.25, -0.2) is 0 Å². The summed E-state index contributed by atoms with van der Waals surface area (Å²) < 4.78 is 6.04. The highest BCUT2D eigenvalue weighted by atomic mass is 16.3. The lowest BCUT2D eigenvalue weighted by Crippen LogP contribution is -2.22. The molecule has 0 amide bonds. The highest BCUT2D eigenvalue weighted by Crippen LogP contribution is 2.30. The molecule has 0 saturated heterocycles. The third-order valence-corrected chi connectivity index (χ3v) is 4.31. The van der Waals surface area contributed by atoms with Gasteiger partial charge in [0.05, 0.1) is 10.9 Å². The number of benzene rings is 2. The van der Waals surface area contributed by atoms with Crippen LogP contribution < -0.4 is 5.43 Å².